The molecule has 2 N–H and O–H groups in total. The molecule has 0 atom stereocenters. The molecule has 2 aromatic carbocycles. The van der Waals surface area contributed by atoms with Crippen molar-refractivity contribution in [2.75, 3.05) is 5.73 Å². The van der Waals surface area contributed by atoms with E-state index in [1.54, 1.807) is 30.5 Å². The number of fused-ring (bicyclic) bond motifs is 1. The van der Waals surface area contributed by atoms with Gasteiger partial charge in [-0.15, -0.1) is 0 Å². The molecule has 5 heteroatoms. The Morgan fingerprint density at radius 2 is 1.80 bits per heavy atom. The Kier molecular flexibility index (Phi) is 2.95. The average molecular weight is 272 g/mol. The molecule has 3 aromatic rings. The number of nitrogen functional groups attached to an aromatic ring is 1. The van der Waals surface area contributed by atoms with E-state index in [4.69, 9.17) is 10.5 Å². The molecule has 0 fully saturated rings. The molecule has 0 bridgehead atoms. The lowest BCUT2D eigenvalue weighted by Crippen LogP contribution is -1.91. The summed E-state index contributed by atoms with van der Waals surface area (Å²) in [6.45, 7) is 0. The quantitative estimate of drug-likeness (QED) is 0.720. The number of anilines is 1. The minimum Gasteiger partial charge on any atom is -0.456 e. The van der Waals surface area contributed by atoms with Gasteiger partial charge in [0.1, 0.15) is 11.5 Å². The molecule has 3 rings (SSSR count). The normalized spacial score (nSPS) is 10.7. The number of rotatable bonds is 2. The van der Waals surface area contributed by atoms with Crippen LogP contribution in [0.15, 0.2) is 48.7 Å². The fraction of sp³-hybridized carbons (Fsp3) is 0. The number of ether oxygens (including phenoxy) is 1. The molecule has 1 aromatic heterocycles. The van der Waals surface area contributed by atoms with Gasteiger partial charge in [0.2, 0.25) is 0 Å². The Balaban J connectivity index is 2.04. The molecule has 0 aliphatic carbocycles. The zero-order valence-electron chi connectivity index (χ0n) is 10.3. The molecule has 0 amide bonds. The molecule has 3 nitrogen and oxygen atoms in total. The van der Waals surface area contributed by atoms with E-state index in [1.165, 1.54) is 6.07 Å². The second-order valence-corrected chi connectivity index (χ2v) is 4.26. The van der Waals surface area contributed by atoms with Gasteiger partial charge in [0.05, 0.1) is 5.52 Å². The molecule has 0 unspecified atom stereocenters. The maximum Gasteiger partial charge on any atom is 0.162 e. The van der Waals surface area contributed by atoms with Crippen LogP contribution in [-0.2, 0) is 0 Å². The van der Waals surface area contributed by atoms with Crippen LogP contribution in [0, 0.1) is 11.6 Å². The highest BCUT2D eigenvalue weighted by molar-refractivity contribution is 5.87. The molecule has 1 heterocycles. The summed E-state index contributed by atoms with van der Waals surface area (Å²) >= 11 is 0. The predicted molar refractivity (Wildman–Crippen MR) is 72.6 cm³/mol. The molecule has 100 valence electrons. The Morgan fingerprint density at radius 3 is 2.60 bits per heavy atom. The van der Waals surface area contributed by atoms with Gasteiger partial charge in [0, 0.05) is 23.3 Å². The lowest BCUT2D eigenvalue weighted by molar-refractivity contribution is 0.465. The van der Waals surface area contributed by atoms with Crippen LogP contribution in [0.4, 0.5) is 14.5 Å². The van der Waals surface area contributed by atoms with E-state index in [2.05, 4.69) is 4.98 Å². The number of benzene rings is 2. The molecular formula is C15H10F2N2O. The second kappa shape index (κ2) is 4.77. The first-order valence-electron chi connectivity index (χ1n) is 5.90. The SMILES string of the molecule is Nc1ccc2c(Oc3ccc(F)c(F)c3)ccnc2c1. The van der Waals surface area contributed by atoms with Gasteiger partial charge in [-0.05, 0) is 36.4 Å². The number of hydrogen-bond acceptors (Lipinski definition) is 3. The van der Waals surface area contributed by atoms with Gasteiger partial charge < -0.3 is 10.5 Å². The number of nitrogens with zero attached hydrogens (tertiary/aromatic N) is 1. The predicted octanol–water partition coefficient (Wildman–Crippen LogP) is 3.89. The number of halogens is 2. The van der Waals surface area contributed by atoms with Crippen LogP contribution in [0.25, 0.3) is 10.9 Å². The van der Waals surface area contributed by atoms with Crippen molar-refractivity contribution in [3.05, 3.63) is 60.3 Å². The first-order valence-corrected chi connectivity index (χ1v) is 5.90. The lowest BCUT2D eigenvalue weighted by atomic mass is 10.2. The van der Waals surface area contributed by atoms with E-state index in [0.717, 1.165) is 17.5 Å². The highest BCUT2D eigenvalue weighted by Gasteiger charge is 2.07. The Bertz CT molecular complexity index is 790. The molecular weight excluding hydrogens is 262 g/mol. The maximum atomic E-state index is 13.2. The maximum absolute atomic E-state index is 13.2. The van der Waals surface area contributed by atoms with Gasteiger partial charge >= 0.3 is 0 Å². The Morgan fingerprint density at radius 1 is 0.950 bits per heavy atom. The van der Waals surface area contributed by atoms with Gasteiger partial charge in [-0.2, -0.15) is 0 Å². The fourth-order valence-corrected chi connectivity index (χ4v) is 1.90. The topological polar surface area (TPSA) is 48.1 Å². The second-order valence-electron chi connectivity index (χ2n) is 4.26. The lowest BCUT2D eigenvalue weighted by Gasteiger charge is -2.09. The van der Waals surface area contributed by atoms with Gasteiger partial charge in [0.25, 0.3) is 0 Å². The van der Waals surface area contributed by atoms with Crippen molar-refractivity contribution in [2.24, 2.45) is 0 Å². The smallest absolute Gasteiger partial charge is 0.162 e. The van der Waals surface area contributed by atoms with E-state index in [-0.39, 0.29) is 5.75 Å². The number of pyridine rings is 1. The van der Waals surface area contributed by atoms with Crippen LogP contribution in [0.1, 0.15) is 0 Å². The third kappa shape index (κ3) is 2.25. The molecule has 0 aliphatic heterocycles. The minimum absolute atomic E-state index is 0.216. The van der Waals surface area contributed by atoms with Gasteiger partial charge in [-0.3, -0.25) is 4.98 Å². The summed E-state index contributed by atoms with van der Waals surface area (Å²) < 4.78 is 31.6. The van der Waals surface area contributed by atoms with Crippen LogP contribution >= 0.6 is 0 Å². The summed E-state index contributed by atoms with van der Waals surface area (Å²) in [6, 6.07) is 10.2. The van der Waals surface area contributed by atoms with Crippen molar-refractivity contribution in [1.82, 2.24) is 4.98 Å². The number of aromatic nitrogens is 1. The van der Waals surface area contributed by atoms with Crippen LogP contribution in [-0.4, -0.2) is 4.98 Å². The van der Waals surface area contributed by atoms with Crippen LogP contribution in [0.5, 0.6) is 11.5 Å². The van der Waals surface area contributed by atoms with E-state index < -0.39 is 11.6 Å². The fourth-order valence-electron chi connectivity index (χ4n) is 1.90. The minimum atomic E-state index is -0.954. The summed E-state index contributed by atoms with van der Waals surface area (Å²) in [7, 11) is 0. The number of nitrogens with two attached hydrogens (primary N) is 1. The van der Waals surface area contributed by atoms with Crippen molar-refractivity contribution >= 4 is 16.6 Å². The Labute approximate surface area is 113 Å². The molecule has 20 heavy (non-hydrogen) atoms. The van der Waals surface area contributed by atoms with Gasteiger partial charge in [0.15, 0.2) is 11.6 Å². The highest BCUT2D eigenvalue weighted by Crippen LogP contribution is 2.30. The summed E-state index contributed by atoms with van der Waals surface area (Å²) in [5, 5.41) is 0.742. The highest BCUT2D eigenvalue weighted by atomic mass is 19.2. The van der Waals surface area contributed by atoms with Gasteiger partial charge in [-0.1, -0.05) is 0 Å². The molecule has 0 spiro atoms. The van der Waals surface area contributed by atoms with Gasteiger partial charge in [-0.25, -0.2) is 8.78 Å². The summed E-state index contributed by atoms with van der Waals surface area (Å²) in [6.07, 6.45) is 1.57. The monoisotopic (exact) mass is 272 g/mol. The largest absolute Gasteiger partial charge is 0.456 e. The third-order valence-electron chi connectivity index (χ3n) is 2.85. The van der Waals surface area contributed by atoms with Crippen molar-refractivity contribution in [3.63, 3.8) is 0 Å². The molecule has 0 saturated carbocycles. The van der Waals surface area contributed by atoms with Crippen molar-refractivity contribution < 1.29 is 13.5 Å². The number of hydrogen-bond donors (Lipinski definition) is 1. The van der Waals surface area contributed by atoms with E-state index in [0.29, 0.717) is 17.0 Å². The molecule has 0 aliphatic rings. The van der Waals surface area contributed by atoms with Crippen molar-refractivity contribution in [1.29, 1.82) is 0 Å². The average Bonchev–Trinajstić information content (AvgIpc) is 2.43. The zero-order valence-corrected chi connectivity index (χ0v) is 10.3. The van der Waals surface area contributed by atoms with Crippen molar-refractivity contribution in [2.45, 2.75) is 0 Å². The zero-order chi connectivity index (χ0) is 14.1. The summed E-state index contributed by atoms with van der Waals surface area (Å²) in [4.78, 5) is 4.18. The van der Waals surface area contributed by atoms with E-state index in [1.807, 2.05) is 0 Å². The summed E-state index contributed by atoms with van der Waals surface area (Å²) in [5.41, 5.74) is 6.95. The van der Waals surface area contributed by atoms with E-state index >= 15 is 0 Å². The third-order valence-corrected chi connectivity index (χ3v) is 2.85. The first-order chi connectivity index (χ1) is 9.63. The van der Waals surface area contributed by atoms with Crippen LogP contribution in [0.3, 0.4) is 0 Å². The summed E-state index contributed by atoms with van der Waals surface area (Å²) in [5.74, 6) is -1.15. The Hall–Kier alpha value is -2.69. The van der Waals surface area contributed by atoms with Crippen molar-refractivity contribution in [3.8, 4) is 11.5 Å². The standard InChI is InChI=1S/C15H10F2N2O/c16-12-4-2-10(8-13(12)17)20-15-5-6-19-14-7-9(18)1-3-11(14)15/h1-8H,18H2. The van der Waals surface area contributed by atoms with E-state index in [9.17, 15) is 8.78 Å². The molecule has 0 radical (unpaired) electrons. The van der Waals surface area contributed by atoms with Crippen LogP contribution < -0.4 is 10.5 Å². The van der Waals surface area contributed by atoms with Crippen LogP contribution in [0.2, 0.25) is 0 Å². The first kappa shape index (κ1) is 12.3. The molecule has 0 saturated heterocycles.